The zero-order valence-corrected chi connectivity index (χ0v) is 9.87. The first-order valence-electron chi connectivity index (χ1n) is 3.50. The lowest BCUT2D eigenvalue weighted by atomic mass is 9.98. The number of thiol groups is 2. The quantitative estimate of drug-likeness (QED) is 0.444. The first-order chi connectivity index (χ1) is 4.63. The summed E-state index contributed by atoms with van der Waals surface area (Å²) in [6.45, 7) is 0. The van der Waals surface area contributed by atoms with Crippen molar-refractivity contribution in [3.63, 3.8) is 0 Å². The highest BCUT2D eigenvalue weighted by Gasteiger charge is 2.30. The van der Waals surface area contributed by atoms with Crippen LogP contribution in [0.3, 0.4) is 0 Å². The maximum atomic E-state index is 4.49. The molecular weight excluding hydrogens is 198 g/mol. The summed E-state index contributed by atoms with van der Waals surface area (Å²) in [5.74, 6) is 0. The highest BCUT2D eigenvalue weighted by Crippen LogP contribution is 2.35. The fraction of sp³-hybridized carbons (Fsp3) is 1.00. The molecule has 0 aromatic carbocycles. The Bertz CT molecular complexity index is 106. The minimum atomic E-state index is 0.552. The second kappa shape index (κ2) is 3.99. The van der Waals surface area contributed by atoms with Gasteiger partial charge in [-0.3, -0.25) is 0 Å². The maximum absolute atomic E-state index is 4.49. The normalized spacial score (nSPS) is 49.2. The fourth-order valence-electron chi connectivity index (χ4n) is 1.24. The van der Waals surface area contributed by atoms with E-state index in [0.29, 0.717) is 21.8 Å². The second-order valence-electron chi connectivity index (χ2n) is 2.87. The minimum Gasteiger partial charge on any atom is -0.175 e. The molecule has 60 valence electrons. The molecule has 0 aliphatic heterocycles. The molecule has 0 heterocycles. The SMILES string of the molecule is PC1C(S)CCC(S)C1P. The maximum Gasteiger partial charge on any atom is 0.00862 e. The molecule has 0 N–H and O–H groups in total. The van der Waals surface area contributed by atoms with Crippen molar-refractivity contribution in [2.24, 2.45) is 0 Å². The van der Waals surface area contributed by atoms with E-state index in [1.54, 1.807) is 0 Å². The van der Waals surface area contributed by atoms with Gasteiger partial charge in [-0.2, -0.15) is 25.3 Å². The molecule has 1 aliphatic carbocycles. The van der Waals surface area contributed by atoms with Crippen LogP contribution in [0.4, 0.5) is 0 Å². The number of hydrogen-bond acceptors (Lipinski definition) is 2. The van der Waals surface area contributed by atoms with Gasteiger partial charge in [-0.25, -0.2) is 0 Å². The largest absolute Gasteiger partial charge is 0.175 e. The molecule has 4 heteroatoms. The number of rotatable bonds is 0. The van der Waals surface area contributed by atoms with Crippen molar-refractivity contribution in [1.82, 2.24) is 0 Å². The second-order valence-corrected chi connectivity index (χ2v) is 5.73. The van der Waals surface area contributed by atoms with Crippen molar-refractivity contribution in [3.05, 3.63) is 0 Å². The van der Waals surface area contributed by atoms with Gasteiger partial charge in [0.1, 0.15) is 0 Å². The van der Waals surface area contributed by atoms with Gasteiger partial charge in [0.05, 0.1) is 0 Å². The molecule has 10 heavy (non-hydrogen) atoms. The predicted molar refractivity (Wildman–Crippen MR) is 61.8 cm³/mol. The topological polar surface area (TPSA) is 0 Å². The summed E-state index contributed by atoms with van der Waals surface area (Å²) in [6, 6.07) is 0. The zero-order valence-electron chi connectivity index (χ0n) is 5.77. The summed E-state index contributed by atoms with van der Waals surface area (Å²) in [5, 5.41) is 1.10. The van der Waals surface area contributed by atoms with Gasteiger partial charge in [0.25, 0.3) is 0 Å². The lowest BCUT2D eigenvalue weighted by Gasteiger charge is -2.34. The summed E-state index contributed by atoms with van der Waals surface area (Å²) < 4.78 is 0. The zero-order chi connectivity index (χ0) is 7.72. The third-order valence-corrected chi connectivity index (χ3v) is 6.21. The van der Waals surface area contributed by atoms with Crippen molar-refractivity contribution in [2.75, 3.05) is 0 Å². The Kier molecular flexibility index (Phi) is 3.85. The van der Waals surface area contributed by atoms with Crippen LogP contribution in [0.1, 0.15) is 12.8 Å². The fourth-order valence-corrected chi connectivity index (χ4v) is 3.23. The van der Waals surface area contributed by atoms with E-state index in [4.69, 9.17) is 0 Å². The van der Waals surface area contributed by atoms with Crippen LogP contribution in [0.25, 0.3) is 0 Å². The van der Waals surface area contributed by atoms with Gasteiger partial charge in [-0.05, 0) is 24.2 Å². The third-order valence-electron chi connectivity index (χ3n) is 2.09. The highest BCUT2D eigenvalue weighted by atomic mass is 32.1. The van der Waals surface area contributed by atoms with Crippen LogP contribution < -0.4 is 0 Å². The molecule has 0 aromatic heterocycles. The summed E-state index contributed by atoms with van der Waals surface area (Å²) in [5.41, 5.74) is 1.23. The van der Waals surface area contributed by atoms with E-state index in [-0.39, 0.29) is 0 Å². The van der Waals surface area contributed by atoms with Crippen LogP contribution in [-0.2, 0) is 0 Å². The lowest BCUT2D eigenvalue weighted by Crippen LogP contribution is -2.37. The van der Waals surface area contributed by atoms with Crippen molar-refractivity contribution in [2.45, 2.75) is 34.7 Å². The number of hydrogen-bond donors (Lipinski definition) is 2. The van der Waals surface area contributed by atoms with Gasteiger partial charge in [-0.1, -0.05) is 0 Å². The molecule has 0 radical (unpaired) electrons. The van der Waals surface area contributed by atoms with E-state index in [0.717, 1.165) is 0 Å². The molecule has 1 aliphatic rings. The Morgan fingerprint density at radius 3 is 1.50 bits per heavy atom. The first-order valence-corrected chi connectivity index (χ1v) is 5.87. The van der Waals surface area contributed by atoms with Crippen LogP contribution in [0.5, 0.6) is 0 Å². The van der Waals surface area contributed by atoms with E-state index in [9.17, 15) is 0 Å². The van der Waals surface area contributed by atoms with E-state index in [1.807, 2.05) is 0 Å². The molecule has 0 bridgehead atoms. The molecule has 1 rings (SSSR count). The average molecular weight is 212 g/mol. The Labute approximate surface area is 78.5 Å². The molecule has 6 unspecified atom stereocenters. The van der Waals surface area contributed by atoms with Gasteiger partial charge in [0.15, 0.2) is 0 Å². The van der Waals surface area contributed by atoms with Crippen LogP contribution in [0, 0.1) is 0 Å². The summed E-state index contributed by atoms with van der Waals surface area (Å²) >= 11 is 8.98. The van der Waals surface area contributed by atoms with Crippen LogP contribution >= 0.6 is 43.7 Å². The van der Waals surface area contributed by atoms with Crippen molar-refractivity contribution in [1.29, 1.82) is 0 Å². The summed E-state index contributed by atoms with van der Waals surface area (Å²) in [6.07, 6.45) is 2.41. The van der Waals surface area contributed by atoms with Gasteiger partial charge < -0.3 is 0 Å². The predicted octanol–water partition coefficient (Wildman–Crippen LogP) is 1.86. The smallest absolute Gasteiger partial charge is 0.00862 e. The summed E-state index contributed by atoms with van der Waals surface area (Å²) in [4.78, 5) is 0. The average Bonchev–Trinajstić information content (AvgIpc) is 1.93. The van der Waals surface area contributed by atoms with Gasteiger partial charge in [0, 0.05) is 10.5 Å². The van der Waals surface area contributed by atoms with Crippen LogP contribution in [0.15, 0.2) is 0 Å². The molecular formula is C6H14P2S2. The Morgan fingerprint density at radius 2 is 1.20 bits per heavy atom. The minimum absolute atomic E-state index is 0.552. The van der Waals surface area contributed by atoms with Gasteiger partial charge in [0.2, 0.25) is 0 Å². The molecule has 0 saturated heterocycles. The lowest BCUT2D eigenvalue weighted by molar-refractivity contribution is 0.555. The molecule has 0 nitrogen and oxygen atoms in total. The first kappa shape index (κ1) is 9.65. The highest BCUT2D eigenvalue weighted by molar-refractivity contribution is 7.82. The van der Waals surface area contributed by atoms with Crippen molar-refractivity contribution >= 4 is 43.7 Å². The van der Waals surface area contributed by atoms with E-state index in [2.05, 4.69) is 43.7 Å². The Balaban J connectivity index is 2.52. The van der Waals surface area contributed by atoms with Crippen LogP contribution in [-0.4, -0.2) is 21.8 Å². The van der Waals surface area contributed by atoms with Crippen molar-refractivity contribution < 1.29 is 0 Å². The van der Waals surface area contributed by atoms with Gasteiger partial charge in [-0.15, -0.1) is 18.5 Å². The van der Waals surface area contributed by atoms with Crippen LogP contribution in [0.2, 0.25) is 0 Å². The van der Waals surface area contributed by atoms with E-state index in [1.165, 1.54) is 12.8 Å². The van der Waals surface area contributed by atoms with Gasteiger partial charge >= 0.3 is 0 Å². The Hall–Kier alpha value is 1.56. The monoisotopic (exact) mass is 212 g/mol. The third kappa shape index (κ3) is 2.03. The molecule has 0 amide bonds. The molecule has 0 spiro atoms. The van der Waals surface area contributed by atoms with E-state index < -0.39 is 0 Å². The Morgan fingerprint density at radius 1 is 0.900 bits per heavy atom. The molecule has 1 saturated carbocycles. The standard InChI is InChI=1S/C6H14P2S2/c7-5-3(9)1-2-4(10)6(5)8/h3-6,9-10H,1-2,7-8H2. The summed E-state index contributed by atoms with van der Waals surface area (Å²) in [7, 11) is 5.72. The molecule has 1 fully saturated rings. The molecule has 0 aromatic rings. The van der Waals surface area contributed by atoms with Crippen molar-refractivity contribution in [3.8, 4) is 0 Å². The van der Waals surface area contributed by atoms with E-state index >= 15 is 0 Å². The molecule has 6 atom stereocenters.